The number of hydrogen-bond acceptors (Lipinski definition) is 6. The van der Waals surface area contributed by atoms with Crippen LogP contribution in [-0.2, 0) is 28.6 Å². The highest BCUT2D eigenvalue weighted by Gasteiger charge is 2.19. The Bertz CT molecular complexity index is 1140. The summed E-state index contributed by atoms with van der Waals surface area (Å²) in [4.78, 5) is 38.0. The smallest absolute Gasteiger partial charge is 0.306 e. The number of esters is 3. The first-order chi connectivity index (χ1) is 32.0. The summed E-state index contributed by atoms with van der Waals surface area (Å²) in [6, 6.07) is 0. The maximum absolute atomic E-state index is 12.8. The van der Waals surface area contributed by atoms with E-state index in [0.717, 1.165) is 64.2 Å². The normalized spacial score (nSPS) is 12.4. The van der Waals surface area contributed by atoms with Gasteiger partial charge in [0.1, 0.15) is 13.2 Å². The molecule has 6 heteroatoms. The van der Waals surface area contributed by atoms with E-state index in [1.54, 1.807) is 0 Å². The third kappa shape index (κ3) is 52.2. The largest absolute Gasteiger partial charge is 0.462 e. The summed E-state index contributed by atoms with van der Waals surface area (Å²) < 4.78 is 16.8. The van der Waals surface area contributed by atoms with E-state index >= 15 is 0 Å². The molecule has 378 valence electrons. The lowest BCUT2D eigenvalue weighted by molar-refractivity contribution is -0.166. The molecule has 1 atom stereocenters. The van der Waals surface area contributed by atoms with E-state index < -0.39 is 6.10 Å². The van der Waals surface area contributed by atoms with Crippen LogP contribution in [0.15, 0.2) is 48.6 Å². The number of carbonyl (C=O) groups is 3. The van der Waals surface area contributed by atoms with Gasteiger partial charge in [0.05, 0.1) is 0 Å². The molecule has 0 spiro atoms. The van der Waals surface area contributed by atoms with Crippen LogP contribution in [0.25, 0.3) is 0 Å². The van der Waals surface area contributed by atoms with Gasteiger partial charge in [-0.05, 0) is 44.9 Å². The minimum atomic E-state index is -0.806. The van der Waals surface area contributed by atoms with Crippen molar-refractivity contribution in [3.63, 3.8) is 0 Å². The van der Waals surface area contributed by atoms with Gasteiger partial charge in [0.15, 0.2) is 6.10 Å². The average Bonchev–Trinajstić information content (AvgIpc) is 3.30. The molecule has 0 aliphatic rings. The van der Waals surface area contributed by atoms with E-state index in [1.807, 2.05) is 6.08 Å². The van der Waals surface area contributed by atoms with E-state index in [9.17, 15) is 14.4 Å². The fourth-order valence-corrected chi connectivity index (χ4v) is 8.16. The lowest BCUT2D eigenvalue weighted by Gasteiger charge is -2.18. The second kappa shape index (κ2) is 54.0. The van der Waals surface area contributed by atoms with E-state index in [4.69, 9.17) is 14.2 Å². The zero-order chi connectivity index (χ0) is 47.2. The van der Waals surface area contributed by atoms with E-state index in [0.29, 0.717) is 19.3 Å². The molecule has 1 unspecified atom stereocenters. The predicted molar refractivity (Wildman–Crippen MR) is 279 cm³/mol. The third-order valence-electron chi connectivity index (χ3n) is 12.4. The van der Waals surface area contributed by atoms with Gasteiger partial charge in [-0.15, -0.1) is 0 Å². The number of ether oxygens (including phenoxy) is 3. The van der Waals surface area contributed by atoms with Gasteiger partial charge < -0.3 is 14.2 Å². The molecule has 0 fully saturated rings. The van der Waals surface area contributed by atoms with E-state index in [-0.39, 0.29) is 37.5 Å². The molecule has 0 aromatic carbocycles. The number of unbranched alkanes of at least 4 members (excludes halogenated alkanes) is 32. The third-order valence-corrected chi connectivity index (χ3v) is 12.4. The Morgan fingerprint density at radius 3 is 0.908 bits per heavy atom. The van der Waals surface area contributed by atoms with E-state index in [1.165, 1.54) is 180 Å². The van der Waals surface area contributed by atoms with Gasteiger partial charge in [-0.25, -0.2) is 0 Å². The average molecular weight is 911 g/mol. The molecule has 0 aromatic heterocycles. The SMILES string of the molecule is CC/C=C\C/C=C\C/C=C\C/C=C\CCC(=O)OC(COC(=O)CCCCCCCCCCCCCC)COC(=O)CCCCCCCCCCCCCCCCCCCCCCCC. The van der Waals surface area contributed by atoms with Crippen molar-refractivity contribution in [2.45, 2.75) is 297 Å². The molecule has 0 radical (unpaired) electrons. The highest BCUT2D eigenvalue weighted by atomic mass is 16.6. The van der Waals surface area contributed by atoms with Gasteiger partial charge in [0.25, 0.3) is 0 Å². The first-order valence-electron chi connectivity index (χ1n) is 28.1. The summed E-state index contributed by atoms with van der Waals surface area (Å²) >= 11 is 0. The predicted octanol–water partition coefficient (Wildman–Crippen LogP) is 18.7. The lowest BCUT2D eigenvalue weighted by atomic mass is 10.0. The minimum Gasteiger partial charge on any atom is -0.462 e. The molecule has 0 saturated heterocycles. The molecule has 0 aliphatic heterocycles. The van der Waals surface area contributed by atoms with Gasteiger partial charge >= 0.3 is 17.9 Å². The lowest BCUT2D eigenvalue weighted by Crippen LogP contribution is -2.30. The summed E-state index contributed by atoms with van der Waals surface area (Å²) in [5.74, 6) is -0.967. The van der Waals surface area contributed by atoms with Crippen LogP contribution < -0.4 is 0 Å². The quantitative estimate of drug-likeness (QED) is 0.0262. The molecule has 0 aliphatic carbocycles. The van der Waals surface area contributed by atoms with Crippen molar-refractivity contribution in [3.05, 3.63) is 48.6 Å². The first-order valence-corrected chi connectivity index (χ1v) is 28.1. The Morgan fingerprint density at radius 2 is 0.600 bits per heavy atom. The van der Waals surface area contributed by atoms with Crippen LogP contribution in [0.1, 0.15) is 290 Å². The van der Waals surface area contributed by atoms with Crippen molar-refractivity contribution >= 4 is 17.9 Å². The number of carbonyl (C=O) groups excluding carboxylic acids is 3. The summed E-state index contributed by atoms with van der Waals surface area (Å²) in [6.45, 7) is 6.49. The maximum atomic E-state index is 12.8. The monoisotopic (exact) mass is 911 g/mol. The van der Waals surface area contributed by atoms with Gasteiger partial charge in [0.2, 0.25) is 0 Å². The van der Waals surface area contributed by atoms with Crippen LogP contribution >= 0.6 is 0 Å². The van der Waals surface area contributed by atoms with Crippen molar-refractivity contribution in [1.29, 1.82) is 0 Å². The Balaban J connectivity index is 4.29. The van der Waals surface area contributed by atoms with Crippen LogP contribution in [0.4, 0.5) is 0 Å². The van der Waals surface area contributed by atoms with Crippen molar-refractivity contribution in [2.24, 2.45) is 0 Å². The number of allylic oxidation sites excluding steroid dienone is 8. The molecule has 65 heavy (non-hydrogen) atoms. The molecule has 0 N–H and O–H groups in total. The molecule has 6 nitrogen and oxygen atoms in total. The molecule has 0 rings (SSSR count). The Hall–Kier alpha value is -2.63. The van der Waals surface area contributed by atoms with E-state index in [2.05, 4.69) is 63.3 Å². The van der Waals surface area contributed by atoms with Gasteiger partial charge in [-0.1, -0.05) is 275 Å². The summed E-state index contributed by atoms with van der Waals surface area (Å²) in [5, 5.41) is 0. The van der Waals surface area contributed by atoms with Gasteiger partial charge in [0, 0.05) is 19.3 Å². The zero-order valence-electron chi connectivity index (χ0n) is 43.3. The Kier molecular flexibility index (Phi) is 51.8. The van der Waals surface area contributed by atoms with Crippen molar-refractivity contribution in [1.82, 2.24) is 0 Å². The molecule has 0 bridgehead atoms. The fraction of sp³-hybridized carbons (Fsp3) is 0.814. The first kappa shape index (κ1) is 62.4. The second-order valence-electron chi connectivity index (χ2n) is 18.8. The number of rotatable bonds is 51. The Labute approximate surface area is 403 Å². The van der Waals surface area contributed by atoms with Crippen molar-refractivity contribution < 1.29 is 28.6 Å². The molecular formula is C59H106O6. The standard InChI is InChI=1S/C59H106O6/c1-4-7-10-13-16-19-22-25-26-27-28-29-30-31-32-33-35-37-40-43-46-49-52-58(61)64-55-56(54-63-57(60)51-48-45-42-39-36-24-21-18-15-12-9-6-3)65-59(62)53-50-47-44-41-38-34-23-20-17-14-11-8-5-2/h8,11,17,20,34,38,44,47,56H,4-7,9-10,12-16,18-19,21-33,35-37,39-43,45-46,48-55H2,1-3H3/b11-8-,20-17-,38-34-,47-44-. The topological polar surface area (TPSA) is 78.9 Å². The molecule has 0 heterocycles. The van der Waals surface area contributed by atoms with Gasteiger partial charge in [-0.2, -0.15) is 0 Å². The summed E-state index contributed by atoms with van der Waals surface area (Å²) in [5.41, 5.74) is 0. The minimum absolute atomic E-state index is 0.0975. The molecule has 0 saturated carbocycles. The second-order valence-corrected chi connectivity index (χ2v) is 18.8. The highest BCUT2D eigenvalue weighted by molar-refractivity contribution is 5.71. The molecule has 0 aromatic rings. The van der Waals surface area contributed by atoms with Crippen molar-refractivity contribution in [3.8, 4) is 0 Å². The highest BCUT2D eigenvalue weighted by Crippen LogP contribution is 2.17. The van der Waals surface area contributed by atoms with Crippen LogP contribution in [-0.4, -0.2) is 37.2 Å². The molecular weight excluding hydrogens is 805 g/mol. The zero-order valence-corrected chi connectivity index (χ0v) is 43.3. The van der Waals surface area contributed by atoms with Crippen LogP contribution in [0, 0.1) is 0 Å². The summed E-state index contributed by atoms with van der Waals surface area (Å²) in [6.07, 6.45) is 65.6. The summed E-state index contributed by atoms with van der Waals surface area (Å²) in [7, 11) is 0. The molecule has 0 amide bonds. The van der Waals surface area contributed by atoms with Crippen LogP contribution in [0.2, 0.25) is 0 Å². The van der Waals surface area contributed by atoms with Crippen LogP contribution in [0.3, 0.4) is 0 Å². The van der Waals surface area contributed by atoms with Crippen molar-refractivity contribution in [2.75, 3.05) is 13.2 Å². The van der Waals surface area contributed by atoms with Gasteiger partial charge in [-0.3, -0.25) is 14.4 Å². The fourth-order valence-electron chi connectivity index (χ4n) is 8.16. The van der Waals surface area contributed by atoms with Crippen LogP contribution in [0.5, 0.6) is 0 Å². The maximum Gasteiger partial charge on any atom is 0.306 e. The Morgan fingerprint density at radius 1 is 0.323 bits per heavy atom. The number of hydrogen-bond donors (Lipinski definition) is 0.